The summed E-state index contributed by atoms with van der Waals surface area (Å²) in [7, 11) is 0. The molecule has 0 aliphatic heterocycles. The third kappa shape index (κ3) is 7.37. The molecule has 0 aromatic carbocycles. The molecule has 0 aromatic rings. The zero-order valence-electron chi connectivity index (χ0n) is 11.3. The summed E-state index contributed by atoms with van der Waals surface area (Å²) >= 11 is 0. The van der Waals surface area contributed by atoms with Crippen LogP contribution in [0, 0.1) is 5.92 Å². The van der Waals surface area contributed by atoms with Crippen LogP contribution in [-0.4, -0.2) is 37.3 Å². The first kappa shape index (κ1) is 16.2. The van der Waals surface area contributed by atoms with Gasteiger partial charge >= 0.3 is 12.3 Å². The van der Waals surface area contributed by atoms with Gasteiger partial charge in [0.15, 0.2) is 0 Å². The summed E-state index contributed by atoms with van der Waals surface area (Å²) in [5, 5.41) is 0. The fourth-order valence-electron chi connectivity index (χ4n) is 1.72. The van der Waals surface area contributed by atoms with Gasteiger partial charge in [-0.15, -0.1) is 13.2 Å². The van der Waals surface area contributed by atoms with E-state index in [1.54, 1.807) is 20.8 Å². The normalized spacial score (nSPS) is 23.9. The largest absolute Gasteiger partial charge is 0.522 e. The van der Waals surface area contributed by atoms with Gasteiger partial charge < -0.3 is 9.47 Å². The number of esters is 1. The molecular weight excluding hydrogens is 265 g/mol. The average molecular weight is 284 g/mol. The van der Waals surface area contributed by atoms with E-state index in [2.05, 4.69) is 4.74 Å². The first-order valence-corrected chi connectivity index (χ1v) is 6.09. The minimum Gasteiger partial charge on any atom is -0.458 e. The van der Waals surface area contributed by atoms with E-state index >= 15 is 0 Å². The van der Waals surface area contributed by atoms with Crippen LogP contribution in [-0.2, 0) is 19.0 Å². The zero-order chi connectivity index (χ0) is 14.7. The van der Waals surface area contributed by atoms with Crippen LogP contribution in [0.2, 0.25) is 0 Å². The smallest absolute Gasteiger partial charge is 0.458 e. The molecular formula is C12H19F3O4. The van der Waals surface area contributed by atoms with Gasteiger partial charge in [-0.1, -0.05) is 0 Å². The van der Waals surface area contributed by atoms with Crippen molar-refractivity contribution < 1.29 is 32.2 Å². The zero-order valence-corrected chi connectivity index (χ0v) is 11.3. The Morgan fingerprint density at radius 1 is 1.21 bits per heavy atom. The summed E-state index contributed by atoms with van der Waals surface area (Å²) < 4.78 is 49.3. The summed E-state index contributed by atoms with van der Waals surface area (Å²) in [4.78, 5) is 11.3. The molecule has 0 N–H and O–H groups in total. The first-order chi connectivity index (χ1) is 8.55. The average Bonchev–Trinajstić information content (AvgIpc) is 2.09. The Balaban J connectivity index is 2.08. The molecule has 0 unspecified atom stereocenters. The van der Waals surface area contributed by atoms with Crippen LogP contribution in [0.25, 0.3) is 0 Å². The monoisotopic (exact) mass is 284 g/mol. The molecule has 112 valence electrons. The molecule has 1 saturated carbocycles. The van der Waals surface area contributed by atoms with Gasteiger partial charge in [0.2, 0.25) is 0 Å². The van der Waals surface area contributed by atoms with Crippen molar-refractivity contribution in [3.63, 3.8) is 0 Å². The van der Waals surface area contributed by atoms with Crippen LogP contribution in [0.5, 0.6) is 0 Å². The van der Waals surface area contributed by atoms with Crippen molar-refractivity contribution in [3.05, 3.63) is 0 Å². The van der Waals surface area contributed by atoms with E-state index in [1.807, 2.05) is 0 Å². The van der Waals surface area contributed by atoms with Crippen LogP contribution in [0.1, 0.15) is 33.6 Å². The fourth-order valence-corrected chi connectivity index (χ4v) is 1.72. The molecule has 0 atom stereocenters. The predicted octanol–water partition coefficient (Wildman–Crippen LogP) is 2.66. The van der Waals surface area contributed by atoms with E-state index in [0.717, 1.165) is 0 Å². The number of alkyl halides is 3. The van der Waals surface area contributed by atoms with Crippen LogP contribution >= 0.6 is 0 Å². The number of rotatable bonds is 5. The van der Waals surface area contributed by atoms with Crippen LogP contribution in [0.15, 0.2) is 0 Å². The lowest BCUT2D eigenvalue weighted by molar-refractivity contribution is -0.331. The Morgan fingerprint density at radius 3 is 2.26 bits per heavy atom. The molecule has 0 spiro atoms. The van der Waals surface area contributed by atoms with Crippen molar-refractivity contribution in [3.8, 4) is 0 Å². The highest BCUT2D eigenvalue weighted by Gasteiger charge is 2.36. The molecule has 7 heteroatoms. The Labute approximate surface area is 110 Å². The molecule has 0 amide bonds. The molecule has 1 fully saturated rings. The van der Waals surface area contributed by atoms with Gasteiger partial charge in [0.05, 0.1) is 12.7 Å². The second-order valence-corrected chi connectivity index (χ2v) is 5.61. The SMILES string of the molecule is CC(C)(C)OC(=O)CO[C@H]1C[C@@H](COC(F)(F)F)C1. The molecule has 1 aliphatic carbocycles. The van der Waals surface area contributed by atoms with Gasteiger partial charge in [-0.3, -0.25) is 4.74 Å². The van der Waals surface area contributed by atoms with Crippen molar-refractivity contribution in [2.45, 2.75) is 51.7 Å². The van der Waals surface area contributed by atoms with Gasteiger partial charge in [-0.25, -0.2) is 4.79 Å². The molecule has 0 bridgehead atoms. The molecule has 1 rings (SSSR count). The number of carbonyl (C=O) groups is 1. The second kappa shape index (κ2) is 6.09. The lowest BCUT2D eigenvalue weighted by Crippen LogP contribution is -2.37. The molecule has 19 heavy (non-hydrogen) atoms. The fraction of sp³-hybridized carbons (Fsp3) is 0.917. The number of hydrogen-bond donors (Lipinski definition) is 0. The minimum atomic E-state index is -4.58. The Bertz CT molecular complexity index is 303. The molecule has 0 heterocycles. The van der Waals surface area contributed by atoms with Crippen LogP contribution < -0.4 is 0 Å². The second-order valence-electron chi connectivity index (χ2n) is 5.61. The number of halogens is 3. The van der Waals surface area contributed by atoms with Gasteiger partial charge in [-0.2, -0.15) is 0 Å². The van der Waals surface area contributed by atoms with E-state index in [4.69, 9.17) is 9.47 Å². The third-order valence-corrected chi connectivity index (χ3v) is 2.53. The summed E-state index contributed by atoms with van der Waals surface area (Å²) in [5.74, 6) is -0.632. The van der Waals surface area contributed by atoms with E-state index in [0.29, 0.717) is 12.8 Å². The third-order valence-electron chi connectivity index (χ3n) is 2.53. The van der Waals surface area contributed by atoms with E-state index in [-0.39, 0.29) is 25.2 Å². The molecule has 4 nitrogen and oxygen atoms in total. The Morgan fingerprint density at radius 2 is 1.79 bits per heavy atom. The maximum Gasteiger partial charge on any atom is 0.522 e. The first-order valence-electron chi connectivity index (χ1n) is 6.09. The van der Waals surface area contributed by atoms with E-state index in [1.165, 1.54) is 0 Å². The van der Waals surface area contributed by atoms with Crippen LogP contribution in [0.3, 0.4) is 0 Å². The van der Waals surface area contributed by atoms with Crippen molar-refractivity contribution in [1.29, 1.82) is 0 Å². The molecule has 0 saturated heterocycles. The van der Waals surface area contributed by atoms with E-state index < -0.39 is 17.9 Å². The predicted molar refractivity (Wildman–Crippen MR) is 60.3 cm³/mol. The van der Waals surface area contributed by atoms with Gasteiger partial charge in [0.1, 0.15) is 12.2 Å². The summed E-state index contributed by atoms with van der Waals surface area (Å²) in [6, 6.07) is 0. The van der Waals surface area contributed by atoms with Crippen molar-refractivity contribution >= 4 is 5.97 Å². The molecule has 0 radical (unpaired) electrons. The van der Waals surface area contributed by atoms with Crippen molar-refractivity contribution in [1.82, 2.24) is 0 Å². The topological polar surface area (TPSA) is 44.8 Å². The van der Waals surface area contributed by atoms with E-state index in [9.17, 15) is 18.0 Å². The highest BCUT2D eigenvalue weighted by atomic mass is 19.4. The highest BCUT2D eigenvalue weighted by molar-refractivity contribution is 5.71. The lowest BCUT2D eigenvalue weighted by atomic mass is 9.83. The highest BCUT2D eigenvalue weighted by Crippen LogP contribution is 2.32. The van der Waals surface area contributed by atoms with Gasteiger partial charge in [-0.05, 0) is 39.5 Å². The van der Waals surface area contributed by atoms with Crippen LogP contribution in [0.4, 0.5) is 13.2 Å². The number of hydrogen-bond acceptors (Lipinski definition) is 4. The summed E-state index contributed by atoms with van der Waals surface area (Å²) in [6.45, 7) is 4.72. The Hall–Kier alpha value is -0.820. The summed E-state index contributed by atoms with van der Waals surface area (Å²) in [5.41, 5.74) is -0.566. The lowest BCUT2D eigenvalue weighted by Gasteiger charge is -2.34. The number of carbonyl (C=O) groups excluding carboxylic acids is 1. The standard InChI is InChI=1S/C12H19F3O4/c1-11(2,3)19-10(16)7-17-9-4-8(5-9)6-18-12(13,14)15/h8-9H,4-7H2,1-3H3/t8-,9+. The Kier molecular flexibility index (Phi) is 5.20. The number of ether oxygens (including phenoxy) is 3. The quantitative estimate of drug-likeness (QED) is 0.728. The van der Waals surface area contributed by atoms with Crippen molar-refractivity contribution in [2.24, 2.45) is 5.92 Å². The maximum absolute atomic E-state index is 11.8. The summed E-state index contributed by atoms with van der Waals surface area (Å²) in [6.07, 6.45) is -3.82. The molecule has 1 aliphatic rings. The van der Waals surface area contributed by atoms with Crippen molar-refractivity contribution in [2.75, 3.05) is 13.2 Å². The minimum absolute atomic E-state index is 0.162. The maximum atomic E-state index is 11.8. The van der Waals surface area contributed by atoms with Gasteiger partial charge in [0.25, 0.3) is 0 Å². The molecule has 0 aromatic heterocycles. The van der Waals surface area contributed by atoms with Gasteiger partial charge in [0, 0.05) is 0 Å².